The minimum atomic E-state index is -1.12. The summed E-state index contributed by atoms with van der Waals surface area (Å²) in [4.78, 5) is 26.7. The molecule has 2 aromatic rings. The van der Waals surface area contributed by atoms with E-state index in [0.29, 0.717) is 25.9 Å². The molecule has 0 radical (unpaired) electrons. The van der Waals surface area contributed by atoms with Crippen LogP contribution in [0.15, 0.2) is 54.6 Å². The highest BCUT2D eigenvalue weighted by Gasteiger charge is 2.33. The van der Waals surface area contributed by atoms with Crippen LogP contribution in [0, 0.1) is 5.82 Å². The second-order valence-electron chi connectivity index (χ2n) is 7.09. The van der Waals surface area contributed by atoms with Crippen molar-refractivity contribution in [1.82, 2.24) is 10.2 Å². The molecule has 0 bridgehead atoms. The molecule has 27 heavy (non-hydrogen) atoms. The Morgan fingerprint density at radius 3 is 2.30 bits per heavy atom. The SMILES string of the molecule is CC(N)(C(=O)NC1CCN(C(=O)c2ccccc2F)CC1)c1ccccc1. The number of nitrogens with two attached hydrogens (primary N) is 1. The van der Waals surface area contributed by atoms with Gasteiger partial charge in [-0.2, -0.15) is 0 Å². The fraction of sp³-hybridized carbons (Fsp3) is 0.333. The number of amides is 2. The van der Waals surface area contributed by atoms with Crippen LogP contribution < -0.4 is 11.1 Å². The Morgan fingerprint density at radius 1 is 1.07 bits per heavy atom. The Bertz CT molecular complexity index is 815. The molecule has 1 aliphatic rings. The second-order valence-corrected chi connectivity index (χ2v) is 7.09. The van der Waals surface area contributed by atoms with Gasteiger partial charge in [-0.3, -0.25) is 9.59 Å². The third-order valence-corrected chi connectivity index (χ3v) is 5.07. The van der Waals surface area contributed by atoms with E-state index in [9.17, 15) is 14.0 Å². The molecule has 1 heterocycles. The van der Waals surface area contributed by atoms with Crippen molar-refractivity contribution in [1.29, 1.82) is 0 Å². The lowest BCUT2D eigenvalue weighted by molar-refractivity contribution is -0.127. The van der Waals surface area contributed by atoms with Gasteiger partial charge < -0.3 is 16.0 Å². The number of nitrogens with one attached hydrogen (secondary N) is 1. The summed E-state index contributed by atoms with van der Waals surface area (Å²) in [5.74, 6) is -1.07. The van der Waals surface area contributed by atoms with Gasteiger partial charge in [-0.05, 0) is 37.5 Å². The smallest absolute Gasteiger partial charge is 0.256 e. The Labute approximate surface area is 158 Å². The zero-order chi connectivity index (χ0) is 19.4. The summed E-state index contributed by atoms with van der Waals surface area (Å²) in [5.41, 5.74) is 5.95. The van der Waals surface area contributed by atoms with Crippen LogP contribution in [0.5, 0.6) is 0 Å². The van der Waals surface area contributed by atoms with E-state index in [4.69, 9.17) is 5.73 Å². The van der Waals surface area contributed by atoms with Gasteiger partial charge >= 0.3 is 0 Å². The van der Waals surface area contributed by atoms with E-state index >= 15 is 0 Å². The topological polar surface area (TPSA) is 75.4 Å². The molecule has 142 valence electrons. The van der Waals surface area contributed by atoms with E-state index in [1.165, 1.54) is 12.1 Å². The molecule has 0 spiro atoms. The molecular formula is C21H24FN3O2. The van der Waals surface area contributed by atoms with E-state index in [-0.39, 0.29) is 23.4 Å². The fourth-order valence-corrected chi connectivity index (χ4v) is 3.28. The van der Waals surface area contributed by atoms with Crippen LogP contribution in [-0.2, 0) is 10.3 Å². The van der Waals surface area contributed by atoms with Crippen molar-refractivity contribution in [2.45, 2.75) is 31.3 Å². The number of hydrogen-bond acceptors (Lipinski definition) is 3. The van der Waals surface area contributed by atoms with Crippen molar-refractivity contribution in [3.8, 4) is 0 Å². The molecule has 2 amide bonds. The highest BCUT2D eigenvalue weighted by Crippen LogP contribution is 2.20. The number of piperidine rings is 1. The van der Waals surface area contributed by atoms with Gasteiger partial charge in [-0.15, -0.1) is 0 Å². The number of rotatable bonds is 4. The molecular weight excluding hydrogens is 345 g/mol. The van der Waals surface area contributed by atoms with E-state index in [1.54, 1.807) is 24.0 Å². The highest BCUT2D eigenvalue weighted by atomic mass is 19.1. The normalized spacial score (nSPS) is 17.2. The Balaban J connectivity index is 1.57. The molecule has 1 atom stereocenters. The van der Waals surface area contributed by atoms with Crippen LogP contribution in [0.2, 0.25) is 0 Å². The molecule has 2 aromatic carbocycles. The summed E-state index contributed by atoms with van der Waals surface area (Å²) in [5, 5.41) is 2.99. The number of halogens is 1. The van der Waals surface area contributed by atoms with Gasteiger partial charge in [0.1, 0.15) is 11.4 Å². The van der Waals surface area contributed by atoms with Gasteiger partial charge in [-0.1, -0.05) is 42.5 Å². The summed E-state index contributed by atoms with van der Waals surface area (Å²) in [6, 6.07) is 15.1. The number of hydrogen-bond donors (Lipinski definition) is 2. The first-order valence-electron chi connectivity index (χ1n) is 9.09. The molecule has 1 fully saturated rings. The number of nitrogens with zero attached hydrogens (tertiary/aromatic N) is 1. The van der Waals surface area contributed by atoms with Crippen molar-refractivity contribution in [3.05, 3.63) is 71.5 Å². The number of carbonyl (C=O) groups is 2. The molecule has 5 nitrogen and oxygen atoms in total. The average molecular weight is 369 g/mol. The van der Waals surface area contributed by atoms with E-state index < -0.39 is 11.4 Å². The van der Waals surface area contributed by atoms with Crippen molar-refractivity contribution < 1.29 is 14.0 Å². The van der Waals surface area contributed by atoms with E-state index in [0.717, 1.165) is 5.56 Å². The zero-order valence-corrected chi connectivity index (χ0v) is 15.3. The van der Waals surface area contributed by atoms with Gasteiger partial charge in [0.15, 0.2) is 0 Å². The van der Waals surface area contributed by atoms with Gasteiger partial charge in [0.05, 0.1) is 5.56 Å². The first kappa shape index (κ1) is 19.0. The van der Waals surface area contributed by atoms with Gasteiger partial charge in [0, 0.05) is 19.1 Å². The minimum Gasteiger partial charge on any atom is -0.351 e. The fourth-order valence-electron chi connectivity index (χ4n) is 3.28. The summed E-state index contributed by atoms with van der Waals surface area (Å²) in [6.45, 7) is 2.62. The molecule has 1 aliphatic heterocycles. The first-order valence-corrected chi connectivity index (χ1v) is 9.09. The Hall–Kier alpha value is -2.73. The lowest BCUT2D eigenvalue weighted by Gasteiger charge is -2.34. The van der Waals surface area contributed by atoms with Crippen LogP contribution in [0.25, 0.3) is 0 Å². The molecule has 3 rings (SSSR count). The van der Waals surface area contributed by atoms with Crippen LogP contribution in [0.3, 0.4) is 0 Å². The molecule has 1 unspecified atom stereocenters. The van der Waals surface area contributed by atoms with Crippen molar-refractivity contribution >= 4 is 11.8 Å². The van der Waals surface area contributed by atoms with Crippen LogP contribution in [-0.4, -0.2) is 35.8 Å². The minimum absolute atomic E-state index is 0.0613. The monoisotopic (exact) mass is 369 g/mol. The summed E-state index contributed by atoms with van der Waals surface area (Å²) < 4.78 is 13.8. The van der Waals surface area contributed by atoms with Gasteiger partial charge in [-0.25, -0.2) is 4.39 Å². The molecule has 0 aromatic heterocycles. The first-order chi connectivity index (χ1) is 12.9. The quantitative estimate of drug-likeness (QED) is 0.869. The third kappa shape index (κ3) is 4.17. The summed E-state index contributed by atoms with van der Waals surface area (Å²) in [6.07, 6.45) is 1.22. The van der Waals surface area contributed by atoms with E-state index in [2.05, 4.69) is 5.32 Å². The largest absolute Gasteiger partial charge is 0.351 e. The van der Waals surface area contributed by atoms with Crippen LogP contribution in [0.4, 0.5) is 4.39 Å². The predicted octanol–water partition coefficient (Wildman–Crippen LogP) is 2.42. The Kier molecular flexibility index (Phi) is 5.56. The third-order valence-electron chi connectivity index (χ3n) is 5.07. The maximum absolute atomic E-state index is 13.8. The molecule has 0 aliphatic carbocycles. The molecule has 3 N–H and O–H groups in total. The molecule has 0 saturated carbocycles. The highest BCUT2D eigenvalue weighted by molar-refractivity contribution is 5.94. The predicted molar refractivity (Wildman–Crippen MR) is 101 cm³/mol. The second kappa shape index (κ2) is 7.88. The van der Waals surface area contributed by atoms with Crippen molar-refractivity contribution in [3.63, 3.8) is 0 Å². The average Bonchev–Trinajstić information content (AvgIpc) is 2.69. The maximum Gasteiger partial charge on any atom is 0.256 e. The zero-order valence-electron chi connectivity index (χ0n) is 15.3. The van der Waals surface area contributed by atoms with Crippen molar-refractivity contribution in [2.75, 3.05) is 13.1 Å². The number of carbonyl (C=O) groups excluding carboxylic acids is 2. The van der Waals surface area contributed by atoms with Gasteiger partial charge in [0.2, 0.25) is 5.91 Å². The molecule has 6 heteroatoms. The van der Waals surface area contributed by atoms with E-state index in [1.807, 2.05) is 30.3 Å². The lowest BCUT2D eigenvalue weighted by atomic mass is 9.91. The summed E-state index contributed by atoms with van der Waals surface area (Å²) >= 11 is 0. The van der Waals surface area contributed by atoms with Crippen molar-refractivity contribution in [2.24, 2.45) is 5.73 Å². The lowest BCUT2D eigenvalue weighted by Crippen LogP contribution is -2.54. The maximum atomic E-state index is 13.8. The Morgan fingerprint density at radius 2 is 1.67 bits per heavy atom. The standard InChI is InChI=1S/C21H24FN3O2/c1-21(23,15-7-3-2-4-8-15)20(27)24-16-11-13-25(14-12-16)19(26)17-9-5-6-10-18(17)22/h2-10,16H,11-14,23H2,1H3,(H,24,27). The number of likely N-dealkylation sites (tertiary alicyclic amines) is 1. The number of benzene rings is 2. The van der Waals surface area contributed by atoms with Gasteiger partial charge in [0.25, 0.3) is 5.91 Å². The van der Waals surface area contributed by atoms with Crippen LogP contribution >= 0.6 is 0 Å². The molecule has 1 saturated heterocycles. The summed E-state index contributed by atoms with van der Waals surface area (Å²) in [7, 11) is 0. The van der Waals surface area contributed by atoms with Crippen LogP contribution in [0.1, 0.15) is 35.7 Å².